The van der Waals surface area contributed by atoms with Crippen LogP contribution in [0.2, 0.25) is 0 Å². The van der Waals surface area contributed by atoms with Crippen LogP contribution >= 0.6 is 24.4 Å². The van der Waals surface area contributed by atoms with Crippen LogP contribution in [0.25, 0.3) is 0 Å². The zero-order valence-electron chi connectivity index (χ0n) is 9.09. The van der Waals surface area contributed by atoms with E-state index in [1.165, 1.54) is 0 Å². The van der Waals surface area contributed by atoms with Gasteiger partial charge in [0.25, 0.3) is 5.88 Å². The first-order valence-electron chi connectivity index (χ1n) is 4.42. The smallest absolute Gasteiger partial charge is 0.270 e. The van der Waals surface area contributed by atoms with Crippen LogP contribution < -0.4 is 5.12 Å². The van der Waals surface area contributed by atoms with Gasteiger partial charge in [-0.1, -0.05) is 41.2 Å². The van der Waals surface area contributed by atoms with Gasteiger partial charge in [-0.3, -0.25) is 0 Å². The van der Waals surface area contributed by atoms with E-state index in [-0.39, 0.29) is 5.41 Å². The average molecular weight is 254 g/mol. The number of anilines is 1. The fourth-order valence-corrected chi connectivity index (χ4v) is 1.07. The first-order valence-corrected chi connectivity index (χ1v) is 5.23. The number of isothiocyanates is 2. The number of thiocarbonyl (C=S) groups is 2. The molecule has 0 aliphatic carbocycles. The van der Waals surface area contributed by atoms with Gasteiger partial charge in [-0.2, -0.15) is 0 Å². The first kappa shape index (κ1) is 12.7. The molecule has 0 amide bonds. The van der Waals surface area contributed by atoms with Gasteiger partial charge in [-0.05, 0) is 24.4 Å². The van der Waals surface area contributed by atoms with Gasteiger partial charge in [0.2, 0.25) is 0 Å². The summed E-state index contributed by atoms with van der Waals surface area (Å²) in [7, 11) is 0. The third kappa shape index (κ3) is 3.05. The maximum Gasteiger partial charge on any atom is 0.270 e. The second-order valence-electron chi connectivity index (χ2n) is 3.97. The quantitative estimate of drug-likeness (QED) is 0.471. The lowest BCUT2D eigenvalue weighted by molar-refractivity contribution is 0.393. The zero-order chi connectivity index (χ0) is 12.2. The number of hydrazone groups is 2. The Labute approximate surface area is 104 Å². The molecule has 0 aromatic carbocycles. The Kier molecular flexibility index (Phi) is 4.04. The summed E-state index contributed by atoms with van der Waals surface area (Å²) in [5, 5.41) is 16.6. The summed E-state index contributed by atoms with van der Waals surface area (Å²) in [6.45, 7) is 6.05. The summed E-state index contributed by atoms with van der Waals surface area (Å²) >= 11 is 8.96. The monoisotopic (exact) mass is 254 g/mol. The third-order valence-corrected chi connectivity index (χ3v) is 1.90. The lowest BCUT2D eigenvalue weighted by Gasteiger charge is -2.12. The lowest BCUT2D eigenvalue weighted by Crippen LogP contribution is -2.11. The molecular formula is C9H10N4OS2. The lowest BCUT2D eigenvalue weighted by atomic mass is 9.92. The molecule has 5 nitrogen and oxygen atoms in total. The van der Waals surface area contributed by atoms with E-state index in [1.807, 2.05) is 20.8 Å². The van der Waals surface area contributed by atoms with E-state index in [2.05, 4.69) is 50.1 Å². The molecule has 1 heterocycles. The van der Waals surface area contributed by atoms with Gasteiger partial charge in [0.1, 0.15) is 0 Å². The molecule has 0 saturated carbocycles. The average Bonchev–Trinajstić information content (AvgIpc) is 2.65. The minimum atomic E-state index is -0.115. The van der Waals surface area contributed by atoms with E-state index >= 15 is 0 Å². The molecule has 0 aliphatic rings. The molecule has 16 heavy (non-hydrogen) atoms. The summed E-state index contributed by atoms with van der Waals surface area (Å²) in [6.07, 6.45) is 0. The fraction of sp³-hybridized carbons (Fsp3) is 0.444. The Hall–Kier alpha value is -1.39. The van der Waals surface area contributed by atoms with Crippen molar-refractivity contribution in [2.45, 2.75) is 26.2 Å². The van der Waals surface area contributed by atoms with Crippen LogP contribution in [0.15, 0.2) is 20.8 Å². The van der Waals surface area contributed by atoms with E-state index < -0.39 is 0 Å². The molecule has 1 rings (SSSR count). The predicted octanol–water partition coefficient (Wildman–Crippen LogP) is 2.81. The van der Waals surface area contributed by atoms with Crippen molar-refractivity contribution in [3.05, 3.63) is 11.8 Å². The van der Waals surface area contributed by atoms with Gasteiger partial charge in [0.15, 0.2) is 0 Å². The van der Waals surface area contributed by atoms with Crippen LogP contribution in [-0.4, -0.2) is 15.5 Å². The molecule has 84 valence electrons. The van der Waals surface area contributed by atoms with Crippen molar-refractivity contribution in [2.24, 2.45) is 10.2 Å². The van der Waals surface area contributed by atoms with Gasteiger partial charge >= 0.3 is 0 Å². The van der Waals surface area contributed by atoms with E-state index in [9.17, 15) is 0 Å². The molecular weight excluding hydrogens is 244 g/mol. The number of rotatable bonds is 3. The molecule has 1 aromatic heterocycles. The minimum Gasteiger partial charge on any atom is -0.335 e. The van der Waals surface area contributed by atoms with Crippen LogP contribution in [0.5, 0.6) is 0 Å². The number of nitrogens with zero attached hydrogens (tertiary/aromatic N) is 4. The first-order chi connectivity index (χ1) is 7.49. The van der Waals surface area contributed by atoms with Crippen molar-refractivity contribution in [3.8, 4) is 0 Å². The molecule has 0 saturated heterocycles. The number of hydrogen-bond acceptors (Lipinski definition) is 7. The Morgan fingerprint density at radius 2 is 1.88 bits per heavy atom. The van der Waals surface area contributed by atoms with Crippen molar-refractivity contribution in [2.75, 3.05) is 5.12 Å². The molecule has 7 heteroatoms. The standard InChI is InChI=1S/C9H10N4OS2/c1-9(2,3)7-4-8(14-12-7)13(10-5-15)11-6-16/h4H,1-3H3. The Balaban J connectivity index is 3.08. The van der Waals surface area contributed by atoms with Crippen LogP contribution in [0.4, 0.5) is 5.88 Å². The molecule has 0 unspecified atom stereocenters. The number of hydrogen-bond donors (Lipinski definition) is 0. The highest BCUT2D eigenvalue weighted by atomic mass is 32.1. The van der Waals surface area contributed by atoms with Gasteiger partial charge < -0.3 is 4.52 Å². The van der Waals surface area contributed by atoms with Gasteiger partial charge in [0.05, 0.1) is 16.0 Å². The maximum atomic E-state index is 5.07. The molecule has 0 radical (unpaired) electrons. The van der Waals surface area contributed by atoms with Crippen molar-refractivity contribution in [1.29, 1.82) is 0 Å². The van der Waals surface area contributed by atoms with Gasteiger partial charge in [-0.15, -0.1) is 0 Å². The molecule has 1 aromatic rings. The summed E-state index contributed by atoms with van der Waals surface area (Å²) in [6, 6.07) is 1.71. The highest BCUT2D eigenvalue weighted by molar-refractivity contribution is 7.78. The van der Waals surface area contributed by atoms with E-state index in [1.54, 1.807) is 6.07 Å². The Bertz CT molecular complexity index is 446. The molecule has 0 N–H and O–H groups in total. The highest BCUT2D eigenvalue weighted by Gasteiger charge is 2.21. The maximum absolute atomic E-state index is 5.07. The Morgan fingerprint density at radius 1 is 1.31 bits per heavy atom. The molecule has 0 atom stereocenters. The Morgan fingerprint density at radius 3 is 2.25 bits per heavy atom. The van der Waals surface area contributed by atoms with Crippen molar-refractivity contribution >= 4 is 40.6 Å². The van der Waals surface area contributed by atoms with Crippen LogP contribution in [-0.2, 0) is 5.41 Å². The largest absolute Gasteiger partial charge is 0.335 e. The predicted molar refractivity (Wildman–Crippen MR) is 67.7 cm³/mol. The van der Waals surface area contributed by atoms with E-state index in [4.69, 9.17) is 4.52 Å². The van der Waals surface area contributed by atoms with Crippen molar-refractivity contribution < 1.29 is 4.52 Å². The SMILES string of the molecule is CC(C)(C)c1cc(N(N=C=S)N=C=S)on1. The summed E-state index contributed by atoms with van der Waals surface area (Å²) in [4.78, 5) is 0. The second-order valence-corrected chi connectivity index (χ2v) is 4.34. The van der Waals surface area contributed by atoms with E-state index in [0.717, 1.165) is 10.8 Å². The second kappa shape index (κ2) is 5.09. The summed E-state index contributed by atoms with van der Waals surface area (Å²) < 4.78 is 5.07. The van der Waals surface area contributed by atoms with Crippen molar-refractivity contribution in [1.82, 2.24) is 5.16 Å². The van der Waals surface area contributed by atoms with Crippen LogP contribution in [0.3, 0.4) is 0 Å². The molecule has 0 fully saturated rings. The van der Waals surface area contributed by atoms with Gasteiger partial charge in [-0.25, -0.2) is 0 Å². The van der Waals surface area contributed by atoms with Crippen LogP contribution in [0.1, 0.15) is 26.5 Å². The summed E-state index contributed by atoms with van der Waals surface area (Å²) in [5.41, 5.74) is 0.669. The molecule has 0 bridgehead atoms. The fourth-order valence-electron chi connectivity index (χ4n) is 0.912. The summed E-state index contributed by atoms with van der Waals surface area (Å²) in [5.74, 6) is 0.319. The normalized spacial score (nSPS) is 10.2. The van der Waals surface area contributed by atoms with Crippen molar-refractivity contribution in [3.63, 3.8) is 0 Å². The minimum absolute atomic E-state index is 0.115. The van der Waals surface area contributed by atoms with E-state index in [0.29, 0.717) is 5.88 Å². The molecule has 0 aliphatic heterocycles. The highest BCUT2D eigenvalue weighted by Crippen LogP contribution is 2.25. The third-order valence-electron chi connectivity index (χ3n) is 1.73. The topological polar surface area (TPSA) is 54.0 Å². The number of aromatic nitrogens is 1. The zero-order valence-corrected chi connectivity index (χ0v) is 10.7. The van der Waals surface area contributed by atoms with Gasteiger partial charge in [0, 0.05) is 11.5 Å². The molecule has 0 spiro atoms. The van der Waals surface area contributed by atoms with Crippen LogP contribution in [0, 0.1) is 0 Å².